The van der Waals surface area contributed by atoms with Crippen LogP contribution in [0.2, 0.25) is 0 Å². The Morgan fingerprint density at radius 2 is 1.92 bits per heavy atom. The summed E-state index contributed by atoms with van der Waals surface area (Å²) in [5, 5.41) is 23.4. The Balaban J connectivity index is 1.60. The van der Waals surface area contributed by atoms with E-state index in [9.17, 15) is 20.0 Å². The van der Waals surface area contributed by atoms with Crippen molar-refractivity contribution in [2.24, 2.45) is 0 Å². The predicted molar refractivity (Wildman–Crippen MR) is 85.3 cm³/mol. The third-order valence-electron chi connectivity index (χ3n) is 3.93. The lowest BCUT2D eigenvalue weighted by Crippen LogP contribution is -2.28. The fourth-order valence-corrected chi connectivity index (χ4v) is 2.54. The van der Waals surface area contributed by atoms with Crippen LogP contribution < -0.4 is 5.32 Å². The van der Waals surface area contributed by atoms with Gasteiger partial charge in [0.15, 0.2) is 0 Å². The molecule has 2 aromatic carbocycles. The number of hydrogen-bond donors (Lipinski definition) is 2. The number of rotatable bonds is 5. The highest BCUT2D eigenvalue weighted by Crippen LogP contribution is 2.21. The maximum atomic E-state index is 12.2. The highest BCUT2D eigenvalue weighted by Gasteiger charge is 2.16. The summed E-state index contributed by atoms with van der Waals surface area (Å²) in [5.41, 5.74) is 3.05. The van der Waals surface area contributed by atoms with Crippen molar-refractivity contribution in [3.05, 3.63) is 74.8 Å². The number of nitrogens with one attached hydrogen (secondary N) is 1. The topological polar surface area (TPSA) is 102 Å². The molecule has 0 saturated carbocycles. The number of benzene rings is 2. The minimum Gasteiger partial charge on any atom is -0.387 e. The van der Waals surface area contributed by atoms with Crippen LogP contribution in [0, 0.1) is 10.1 Å². The Morgan fingerprint density at radius 1 is 1.21 bits per heavy atom. The molecule has 0 radical (unpaired) electrons. The molecular weight excluding hydrogens is 312 g/mol. The number of nitro benzene ring substituents is 1. The van der Waals surface area contributed by atoms with Crippen LogP contribution >= 0.6 is 0 Å². The molecule has 1 atom stereocenters. The molecule has 0 aliphatic carbocycles. The van der Waals surface area contributed by atoms with Gasteiger partial charge in [-0.2, -0.15) is 0 Å². The average Bonchev–Trinajstić information content (AvgIpc) is 3.07. The zero-order valence-corrected chi connectivity index (χ0v) is 12.8. The van der Waals surface area contributed by atoms with E-state index in [1.165, 1.54) is 24.3 Å². The number of aliphatic hydroxyl groups is 1. The van der Waals surface area contributed by atoms with Gasteiger partial charge in [0, 0.05) is 24.2 Å². The van der Waals surface area contributed by atoms with E-state index in [1.807, 2.05) is 6.07 Å². The van der Waals surface area contributed by atoms with Crippen molar-refractivity contribution < 1.29 is 19.6 Å². The summed E-state index contributed by atoms with van der Waals surface area (Å²) in [6, 6.07) is 11.0. The van der Waals surface area contributed by atoms with E-state index < -0.39 is 11.0 Å². The molecule has 1 amide bonds. The van der Waals surface area contributed by atoms with E-state index in [0.29, 0.717) is 24.3 Å². The van der Waals surface area contributed by atoms with Gasteiger partial charge < -0.3 is 15.2 Å². The highest BCUT2D eigenvalue weighted by atomic mass is 16.6. The smallest absolute Gasteiger partial charge is 0.269 e. The Bertz CT molecular complexity index is 773. The number of carbonyl (C=O) groups excluding carboxylic acids is 1. The number of aliphatic hydroxyl groups excluding tert-OH is 1. The lowest BCUT2D eigenvalue weighted by Gasteiger charge is -2.12. The molecule has 1 unspecified atom stereocenters. The number of amides is 1. The zero-order chi connectivity index (χ0) is 17.1. The van der Waals surface area contributed by atoms with Gasteiger partial charge in [0.05, 0.1) is 24.2 Å². The first-order valence-corrected chi connectivity index (χ1v) is 7.45. The minimum atomic E-state index is -0.937. The van der Waals surface area contributed by atoms with E-state index in [0.717, 1.165) is 11.1 Å². The summed E-state index contributed by atoms with van der Waals surface area (Å²) >= 11 is 0. The molecule has 1 heterocycles. The lowest BCUT2D eigenvalue weighted by atomic mass is 10.1. The molecule has 2 aromatic rings. The molecule has 124 valence electrons. The molecule has 0 aromatic heterocycles. The molecule has 7 heteroatoms. The standard InChI is InChI=1S/C17H16N2O5/c20-16(11-3-5-15(6-4-11)19(22)23)8-18-17(21)12-1-2-13-9-24-10-14(13)7-12/h1-7,16,20H,8-10H2,(H,18,21). The Hall–Kier alpha value is -2.77. The van der Waals surface area contributed by atoms with Gasteiger partial charge in [-0.3, -0.25) is 14.9 Å². The van der Waals surface area contributed by atoms with Crippen LogP contribution in [0.3, 0.4) is 0 Å². The van der Waals surface area contributed by atoms with Crippen LogP contribution in [0.5, 0.6) is 0 Å². The molecule has 0 fully saturated rings. The third-order valence-corrected chi connectivity index (χ3v) is 3.93. The number of nitrogens with zero attached hydrogens (tertiary/aromatic N) is 1. The van der Waals surface area contributed by atoms with Crippen molar-refractivity contribution in [3.63, 3.8) is 0 Å². The molecule has 1 aliphatic heterocycles. The molecule has 0 saturated heterocycles. The number of nitro groups is 1. The van der Waals surface area contributed by atoms with Gasteiger partial charge >= 0.3 is 0 Å². The van der Waals surface area contributed by atoms with E-state index >= 15 is 0 Å². The normalized spacial score (nSPS) is 14.0. The second kappa shape index (κ2) is 6.77. The molecule has 2 N–H and O–H groups in total. The van der Waals surface area contributed by atoms with Crippen LogP contribution in [0.1, 0.15) is 33.2 Å². The van der Waals surface area contributed by atoms with Gasteiger partial charge in [-0.25, -0.2) is 0 Å². The first kappa shape index (κ1) is 16.1. The van der Waals surface area contributed by atoms with Crippen molar-refractivity contribution in [1.82, 2.24) is 5.32 Å². The highest BCUT2D eigenvalue weighted by molar-refractivity contribution is 5.94. The first-order valence-electron chi connectivity index (χ1n) is 7.45. The summed E-state index contributed by atoms with van der Waals surface area (Å²) in [7, 11) is 0. The van der Waals surface area contributed by atoms with Gasteiger partial charge in [0.25, 0.3) is 11.6 Å². The van der Waals surface area contributed by atoms with E-state index in [4.69, 9.17) is 4.74 Å². The second-order valence-electron chi connectivity index (χ2n) is 5.55. The molecule has 0 spiro atoms. The lowest BCUT2D eigenvalue weighted by molar-refractivity contribution is -0.384. The van der Waals surface area contributed by atoms with Crippen molar-refractivity contribution in [1.29, 1.82) is 0 Å². The van der Waals surface area contributed by atoms with Crippen LogP contribution in [0.15, 0.2) is 42.5 Å². The SMILES string of the molecule is O=C(NCC(O)c1ccc([N+](=O)[O-])cc1)c1ccc2c(c1)COC2. The number of ether oxygens (including phenoxy) is 1. The summed E-state index contributed by atoms with van der Waals surface area (Å²) in [5.74, 6) is -0.286. The summed E-state index contributed by atoms with van der Waals surface area (Å²) in [6.07, 6.45) is -0.937. The Morgan fingerprint density at radius 3 is 2.62 bits per heavy atom. The number of carbonyl (C=O) groups is 1. The van der Waals surface area contributed by atoms with Gasteiger partial charge in [0.1, 0.15) is 0 Å². The molecule has 0 bridgehead atoms. The van der Waals surface area contributed by atoms with Crippen molar-refractivity contribution in [3.8, 4) is 0 Å². The van der Waals surface area contributed by atoms with Crippen LogP contribution in [0.4, 0.5) is 5.69 Å². The monoisotopic (exact) mass is 328 g/mol. The number of fused-ring (bicyclic) bond motifs is 1. The summed E-state index contributed by atoms with van der Waals surface area (Å²) in [4.78, 5) is 22.3. The maximum absolute atomic E-state index is 12.2. The van der Waals surface area contributed by atoms with Crippen LogP contribution in [-0.2, 0) is 18.0 Å². The predicted octanol–water partition coefficient (Wildman–Crippen LogP) is 2.09. The molecular formula is C17H16N2O5. The van der Waals surface area contributed by atoms with E-state index in [1.54, 1.807) is 12.1 Å². The summed E-state index contributed by atoms with van der Waals surface area (Å²) < 4.78 is 5.31. The number of hydrogen-bond acceptors (Lipinski definition) is 5. The van der Waals surface area contributed by atoms with Gasteiger partial charge in [0.2, 0.25) is 0 Å². The minimum absolute atomic E-state index is 0.0181. The van der Waals surface area contributed by atoms with Crippen molar-refractivity contribution in [2.45, 2.75) is 19.3 Å². The molecule has 3 rings (SSSR count). The Kier molecular flexibility index (Phi) is 4.54. The maximum Gasteiger partial charge on any atom is 0.269 e. The zero-order valence-electron chi connectivity index (χ0n) is 12.8. The quantitative estimate of drug-likeness (QED) is 0.646. The molecule has 1 aliphatic rings. The molecule has 7 nitrogen and oxygen atoms in total. The van der Waals surface area contributed by atoms with Gasteiger partial charge in [-0.15, -0.1) is 0 Å². The molecule has 24 heavy (non-hydrogen) atoms. The van der Waals surface area contributed by atoms with E-state index in [2.05, 4.69) is 5.32 Å². The third kappa shape index (κ3) is 3.42. The largest absolute Gasteiger partial charge is 0.387 e. The Labute approximate surface area is 138 Å². The van der Waals surface area contributed by atoms with E-state index in [-0.39, 0.29) is 18.1 Å². The number of non-ortho nitro benzene ring substituents is 1. The second-order valence-corrected chi connectivity index (χ2v) is 5.55. The average molecular weight is 328 g/mol. The van der Waals surface area contributed by atoms with Crippen LogP contribution in [-0.4, -0.2) is 22.5 Å². The van der Waals surface area contributed by atoms with Crippen LogP contribution in [0.25, 0.3) is 0 Å². The fraction of sp³-hybridized carbons (Fsp3) is 0.235. The van der Waals surface area contributed by atoms with Crippen molar-refractivity contribution >= 4 is 11.6 Å². The first-order chi connectivity index (χ1) is 11.5. The van der Waals surface area contributed by atoms with Gasteiger partial charge in [-0.1, -0.05) is 6.07 Å². The fourth-order valence-electron chi connectivity index (χ4n) is 2.54. The van der Waals surface area contributed by atoms with Gasteiger partial charge in [-0.05, 0) is 41.0 Å². The summed E-state index contributed by atoms with van der Waals surface area (Å²) in [6.45, 7) is 1.09. The van der Waals surface area contributed by atoms with Crippen molar-refractivity contribution in [2.75, 3.05) is 6.54 Å².